The number of fused-ring (bicyclic) bond motifs is 5. The zero-order valence-electron chi connectivity index (χ0n) is 14.2. The van der Waals surface area contributed by atoms with E-state index in [2.05, 4.69) is 19.9 Å². The Morgan fingerprint density at radius 3 is 2.82 bits per heavy atom. The average molecular weight is 298 g/mol. The van der Waals surface area contributed by atoms with E-state index in [0.717, 1.165) is 36.5 Å². The van der Waals surface area contributed by atoms with E-state index in [1.807, 2.05) is 11.6 Å². The quantitative estimate of drug-likeness (QED) is 0.618. The summed E-state index contributed by atoms with van der Waals surface area (Å²) in [5.74, 6) is 3.73. The van der Waals surface area contributed by atoms with Crippen LogP contribution >= 0.6 is 0 Å². The molecule has 120 valence electrons. The van der Waals surface area contributed by atoms with E-state index in [1.54, 1.807) is 0 Å². The van der Waals surface area contributed by atoms with Crippen molar-refractivity contribution >= 4 is 5.78 Å². The molecule has 2 fully saturated rings. The van der Waals surface area contributed by atoms with Crippen molar-refractivity contribution < 1.29 is 4.79 Å². The van der Waals surface area contributed by atoms with Crippen LogP contribution in [0, 0.1) is 29.1 Å². The van der Waals surface area contributed by atoms with Gasteiger partial charge in [-0.1, -0.05) is 37.5 Å². The van der Waals surface area contributed by atoms with Crippen LogP contribution in [0.3, 0.4) is 0 Å². The molecular weight excluding hydrogens is 268 g/mol. The SMILES string of the molecule is CCCC1(C)CC[C@@H]2C1=CC[C@H]1[C@H]2CCC2=CC(=O)CC[C@@H]21. The standard InChI is InChI=1S/C21H30O/c1-3-11-21(2)12-10-19-18-6-4-14-13-15(22)5-7-16(14)17(18)8-9-20(19)21/h9,13,16-19H,3-8,10-12H2,1-2H3/t16-,17+,18+,19-,21?/m0/s1. The number of hydrogen-bond acceptors (Lipinski definition) is 1. The summed E-state index contributed by atoms with van der Waals surface area (Å²) in [6.45, 7) is 4.86. The van der Waals surface area contributed by atoms with Crippen molar-refractivity contribution in [3.63, 3.8) is 0 Å². The molecule has 1 nitrogen and oxygen atoms in total. The van der Waals surface area contributed by atoms with Crippen LogP contribution in [0.5, 0.6) is 0 Å². The molecule has 0 radical (unpaired) electrons. The summed E-state index contributed by atoms with van der Waals surface area (Å²) in [5.41, 5.74) is 3.84. The van der Waals surface area contributed by atoms with Crippen molar-refractivity contribution in [1.29, 1.82) is 0 Å². The monoisotopic (exact) mass is 298 g/mol. The maximum absolute atomic E-state index is 11.7. The number of allylic oxidation sites excluding steroid dienone is 4. The number of rotatable bonds is 2. The zero-order valence-corrected chi connectivity index (χ0v) is 14.2. The largest absolute Gasteiger partial charge is 0.295 e. The van der Waals surface area contributed by atoms with Crippen molar-refractivity contribution in [1.82, 2.24) is 0 Å². The lowest BCUT2D eigenvalue weighted by molar-refractivity contribution is -0.115. The molecule has 0 spiro atoms. The number of hydrogen-bond donors (Lipinski definition) is 0. The van der Waals surface area contributed by atoms with E-state index in [9.17, 15) is 4.79 Å². The van der Waals surface area contributed by atoms with Gasteiger partial charge in [0.05, 0.1) is 0 Å². The van der Waals surface area contributed by atoms with Crippen LogP contribution in [-0.4, -0.2) is 5.78 Å². The van der Waals surface area contributed by atoms with Crippen LogP contribution < -0.4 is 0 Å². The van der Waals surface area contributed by atoms with Gasteiger partial charge in [0, 0.05) is 6.42 Å². The number of ketones is 1. The van der Waals surface area contributed by atoms with Gasteiger partial charge in [-0.25, -0.2) is 0 Å². The molecule has 0 saturated heterocycles. The summed E-state index contributed by atoms with van der Waals surface area (Å²) in [7, 11) is 0. The predicted octanol–water partition coefficient (Wildman–Crippen LogP) is 5.46. The molecule has 0 N–H and O–H groups in total. The first-order valence-corrected chi connectivity index (χ1v) is 9.56. The Kier molecular flexibility index (Phi) is 3.58. The van der Waals surface area contributed by atoms with E-state index in [1.165, 1.54) is 50.5 Å². The van der Waals surface area contributed by atoms with Crippen molar-refractivity contribution in [2.45, 2.75) is 71.6 Å². The van der Waals surface area contributed by atoms with Gasteiger partial charge in [0.15, 0.2) is 5.78 Å². The summed E-state index contributed by atoms with van der Waals surface area (Å²) in [4.78, 5) is 11.7. The number of carbonyl (C=O) groups is 1. The smallest absolute Gasteiger partial charge is 0.155 e. The van der Waals surface area contributed by atoms with Crippen LogP contribution in [0.15, 0.2) is 23.3 Å². The molecular formula is C21H30O. The normalized spacial score (nSPS) is 43.8. The molecule has 0 aromatic carbocycles. The minimum Gasteiger partial charge on any atom is -0.295 e. The van der Waals surface area contributed by atoms with E-state index < -0.39 is 0 Å². The van der Waals surface area contributed by atoms with Crippen molar-refractivity contribution in [2.75, 3.05) is 0 Å². The number of carbonyl (C=O) groups excluding carboxylic acids is 1. The summed E-state index contributed by atoms with van der Waals surface area (Å²) in [6, 6.07) is 0. The summed E-state index contributed by atoms with van der Waals surface area (Å²) >= 11 is 0. The third-order valence-corrected chi connectivity index (χ3v) is 7.39. The van der Waals surface area contributed by atoms with Crippen LogP contribution in [0.4, 0.5) is 0 Å². The molecule has 0 amide bonds. The van der Waals surface area contributed by atoms with Gasteiger partial charge < -0.3 is 0 Å². The van der Waals surface area contributed by atoms with Crippen molar-refractivity contribution in [3.05, 3.63) is 23.3 Å². The minimum atomic E-state index is 0.383. The van der Waals surface area contributed by atoms with Crippen LogP contribution in [-0.2, 0) is 4.79 Å². The maximum atomic E-state index is 11.7. The Morgan fingerprint density at radius 2 is 2.00 bits per heavy atom. The van der Waals surface area contributed by atoms with Gasteiger partial charge >= 0.3 is 0 Å². The van der Waals surface area contributed by atoms with Crippen LogP contribution in [0.1, 0.15) is 71.6 Å². The van der Waals surface area contributed by atoms with Gasteiger partial charge in [-0.3, -0.25) is 4.79 Å². The Morgan fingerprint density at radius 1 is 1.14 bits per heavy atom. The van der Waals surface area contributed by atoms with Gasteiger partial charge in [0.2, 0.25) is 0 Å². The van der Waals surface area contributed by atoms with Gasteiger partial charge in [-0.15, -0.1) is 0 Å². The van der Waals surface area contributed by atoms with Gasteiger partial charge in [-0.05, 0) is 80.1 Å². The molecule has 4 aliphatic rings. The fraction of sp³-hybridized carbons (Fsp3) is 0.762. The second-order valence-electron chi connectivity index (χ2n) is 8.55. The highest BCUT2D eigenvalue weighted by atomic mass is 16.1. The third-order valence-electron chi connectivity index (χ3n) is 7.39. The minimum absolute atomic E-state index is 0.383. The Labute approximate surface area is 135 Å². The average Bonchev–Trinajstić information content (AvgIpc) is 2.84. The second kappa shape index (κ2) is 5.35. The lowest BCUT2D eigenvalue weighted by atomic mass is 9.57. The molecule has 1 heteroatoms. The van der Waals surface area contributed by atoms with E-state index >= 15 is 0 Å². The molecule has 4 aliphatic carbocycles. The Hall–Kier alpha value is -0.850. The molecule has 22 heavy (non-hydrogen) atoms. The molecule has 4 rings (SSSR count). The highest BCUT2D eigenvalue weighted by Crippen LogP contribution is 2.60. The molecule has 2 saturated carbocycles. The fourth-order valence-electron chi connectivity index (χ4n) is 6.45. The van der Waals surface area contributed by atoms with Crippen LogP contribution in [0.2, 0.25) is 0 Å². The Balaban J connectivity index is 1.62. The zero-order chi connectivity index (χ0) is 15.3. The maximum Gasteiger partial charge on any atom is 0.155 e. The summed E-state index contributed by atoms with van der Waals surface area (Å²) in [6.07, 6.45) is 15.9. The first-order valence-electron chi connectivity index (χ1n) is 9.56. The lowest BCUT2D eigenvalue weighted by Gasteiger charge is -2.47. The molecule has 0 aliphatic heterocycles. The molecule has 0 aromatic rings. The second-order valence-corrected chi connectivity index (χ2v) is 8.55. The Bertz CT molecular complexity index is 540. The topological polar surface area (TPSA) is 17.1 Å². The molecule has 0 bridgehead atoms. The van der Waals surface area contributed by atoms with Gasteiger partial charge in [-0.2, -0.15) is 0 Å². The molecule has 5 atom stereocenters. The van der Waals surface area contributed by atoms with E-state index in [-0.39, 0.29) is 0 Å². The van der Waals surface area contributed by atoms with Crippen molar-refractivity contribution in [2.24, 2.45) is 29.1 Å². The molecule has 0 heterocycles. The fourth-order valence-corrected chi connectivity index (χ4v) is 6.45. The molecule has 0 aromatic heterocycles. The summed E-state index contributed by atoms with van der Waals surface area (Å²) < 4.78 is 0. The van der Waals surface area contributed by atoms with E-state index in [4.69, 9.17) is 0 Å². The highest BCUT2D eigenvalue weighted by molar-refractivity contribution is 5.91. The molecule has 1 unspecified atom stereocenters. The van der Waals surface area contributed by atoms with E-state index in [0.29, 0.717) is 11.2 Å². The van der Waals surface area contributed by atoms with Gasteiger partial charge in [0.25, 0.3) is 0 Å². The third kappa shape index (κ3) is 2.15. The lowest BCUT2D eigenvalue weighted by Crippen LogP contribution is -2.39. The highest BCUT2D eigenvalue weighted by Gasteiger charge is 2.49. The van der Waals surface area contributed by atoms with Gasteiger partial charge in [0.1, 0.15) is 0 Å². The first kappa shape index (κ1) is 14.7. The summed E-state index contributed by atoms with van der Waals surface area (Å²) in [5, 5.41) is 0. The first-order chi connectivity index (χ1) is 10.6. The predicted molar refractivity (Wildman–Crippen MR) is 90.5 cm³/mol. The van der Waals surface area contributed by atoms with Crippen LogP contribution in [0.25, 0.3) is 0 Å². The van der Waals surface area contributed by atoms with Crippen molar-refractivity contribution in [3.8, 4) is 0 Å².